The van der Waals surface area contributed by atoms with E-state index in [2.05, 4.69) is 4.74 Å². The minimum atomic E-state index is -0.459. The summed E-state index contributed by atoms with van der Waals surface area (Å²) < 4.78 is 9.76. The maximum atomic E-state index is 12.5. The van der Waals surface area contributed by atoms with Crippen LogP contribution in [-0.4, -0.2) is 44.1 Å². The van der Waals surface area contributed by atoms with Gasteiger partial charge in [-0.25, -0.2) is 0 Å². The smallest absolute Gasteiger partial charge is 0.325 e. The van der Waals surface area contributed by atoms with Crippen molar-refractivity contribution < 1.29 is 19.1 Å². The zero-order valence-corrected chi connectivity index (χ0v) is 12.6. The number of benzene rings is 1. The average molecular weight is 300 g/mol. The van der Waals surface area contributed by atoms with Crippen LogP contribution < -0.4 is 4.74 Å². The van der Waals surface area contributed by atoms with E-state index < -0.39 is 5.97 Å². The van der Waals surface area contributed by atoms with E-state index in [9.17, 15) is 9.59 Å². The number of methoxy groups -OCH3 is 2. The molecule has 0 unspecified atom stereocenters. The first kappa shape index (κ1) is 16.3. The number of halogens is 1. The van der Waals surface area contributed by atoms with Gasteiger partial charge in [0.1, 0.15) is 12.3 Å². The second-order valence-electron chi connectivity index (χ2n) is 4.15. The molecule has 0 radical (unpaired) electrons. The minimum absolute atomic E-state index is 0.0883. The van der Waals surface area contributed by atoms with Gasteiger partial charge in [-0.2, -0.15) is 0 Å². The van der Waals surface area contributed by atoms with Crippen molar-refractivity contribution in [3.63, 3.8) is 0 Å². The monoisotopic (exact) mass is 299 g/mol. The number of hydrogen-bond donors (Lipinski definition) is 0. The van der Waals surface area contributed by atoms with Gasteiger partial charge in [0.05, 0.1) is 19.8 Å². The lowest BCUT2D eigenvalue weighted by molar-refractivity contribution is -0.141. The molecule has 6 heteroatoms. The molecule has 0 heterocycles. The first-order valence-electron chi connectivity index (χ1n) is 6.23. The molecule has 1 aromatic rings. The SMILES string of the molecule is CCCN(CC(=O)OC)C(=O)c1ccc(Cl)cc1OC. The molecule has 5 nitrogen and oxygen atoms in total. The molecule has 0 atom stereocenters. The van der Waals surface area contributed by atoms with Crippen molar-refractivity contribution in [3.8, 4) is 5.75 Å². The number of carbonyl (C=O) groups excluding carboxylic acids is 2. The molecule has 0 spiro atoms. The normalized spacial score (nSPS) is 10.0. The Bertz CT molecular complexity index is 490. The molecule has 1 amide bonds. The Kier molecular flexibility index (Phi) is 6.31. The molecule has 0 aromatic heterocycles. The number of hydrogen-bond acceptors (Lipinski definition) is 4. The number of rotatable bonds is 6. The lowest BCUT2D eigenvalue weighted by Crippen LogP contribution is -2.37. The topological polar surface area (TPSA) is 55.8 Å². The zero-order chi connectivity index (χ0) is 15.1. The minimum Gasteiger partial charge on any atom is -0.496 e. The fourth-order valence-corrected chi connectivity index (χ4v) is 1.92. The Morgan fingerprint density at radius 3 is 2.55 bits per heavy atom. The number of carbonyl (C=O) groups is 2. The Morgan fingerprint density at radius 2 is 2.00 bits per heavy atom. The van der Waals surface area contributed by atoms with Gasteiger partial charge in [-0.3, -0.25) is 9.59 Å². The Labute approximate surface area is 123 Å². The molecule has 1 rings (SSSR count). The van der Waals surface area contributed by atoms with E-state index in [0.29, 0.717) is 22.9 Å². The Balaban J connectivity index is 3.02. The molecular formula is C14H18ClNO4. The van der Waals surface area contributed by atoms with Gasteiger partial charge in [0, 0.05) is 11.6 Å². The van der Waals surface area contributed by atoms with E-state index >= 15 is 0 Å². The van der Waals surface area contributed by atoms with Crippen molar-refractivity contribution in [1.82, 2.24) is 4.90 Å². The van der Waals surface area contributed by atoms with Gasteiger partial charge in [0.2, 0.25) is 0 Å². The molecule has 110 valence electrons. The van der Waals surface area contributed by atoms with Crippen molar-refractivity contribution in [2.45, 2.75) is 13.3 Å². The third-order valence-electron chi connectivity index (χ3n) is 2.72. The van der Waals surface area contributed by atoms with E-state index in [1.54, 1.807) is 18.2 Å². The Hall–Kier alpha value is -1.75. The lowest BCUT2D eigenvalue weighted by atomic mass is 10.1. The summed E-state index contributed by atoms with van der Waals surface area (Å²) in [5.74, 6) is -0.362. The van der Waals surface area contributed by atoms with Crippen LogP contribution in [0.25, 0.3) is 0 Å². The fraction of sp³-hybridized carbons (Fsp3) is 0.429. The summed E-state index contributed by atoms with van der Waals surface area (Å²) in [7, 11) is 2.76. The summed E-state index contributed by atoms with van der Waals surface area (Å²) in [6.07, 6.45) is 0.735. The van der Waals surface area contributed by atoms with Crippen LogP contribution in [-0.2, 0) is 9.53 Å². The average Bonchev–Trinajstić information content (AvgIpc) is 2.45. The molecule has 0 aliphatic rings. The van der Waals surface area contributed by atoms with Crippen LogP contribution >= 0.6 is 11.6 Å². The second kappa shape index (κ2) is 7.75. The summed E-state index contributed by atoms with van der Waals surface area (Å²) in [4.78, 5) is 25.3. The first-order chi connectivity index (χ1) is 9.53. The van der Waals surface area contributed by atoms with E-state index in [1.807, 2.05) is 6.92 Å². The number of nitrogens with zero attached hydrogens (tertiary/aromatic N) is 1. The van der Waals surface area contributed by atoms with E-state index in [1.165, 1.54) is 19.1 Å². The fourth-order valence-electron chi connectivity index (χ4n) is 1.75. The highest BCUT2D eigenvalue weighted by Crippen LogP contribution is 2.24. The van der Waals surface area contributed by atoms with E-state index in [4.69, 9.17) is 16.3 Å². The van der Waals surface area contributed by atoms with Crippen LogP contribution in [0.15, 0.2) is 18.2 Å². The molecule has 0 saturated carbocycles. The van der Waals surface area contributed by atoms with Crippen LogP contribution in [0, 0.1) is 0 Å². The van der Waals surface area contributed by atoms with Crippen molar-refractivity contribution in [1.29, 1.82) is 0 Å². The van der Waals surface area contributed by atoms with Crippen molar-refractivity contribution in [2.24, 2.45) is 0 Å². The van der Waals surface area contributed by atoms with Crippen LogP contribution in [0.1, 0.15) is 23.7 Å². The number of ether oxygens (including phenoxy) is 2. The largest absolute Gasteiger partial charge is 0.496 e. The summed E-state index contributed by atoms with van der Waals surface area (Å²) in [6.45, 7) is 2.30. The van der Waals surface area contributed by atoms with Gasteiger partial charge < -0.3 is 14.4 Å². The van der Waals surface area contributed by atoms with Crippen LogP contribution in [0.5, 0.6) is 5.75 Å². The highest BCUT2D eigenvalue weighted by atomic mass is 35.5. The summed E-state index contributed by atoms with van der Waals surface area (Å²) >= 11 is 5.87. The van der Waals surface area contributed by atoms with Gasteiger partial charge >= 0.3 is 5.97 Å². The molecule has 1 aromatic carbocycles. The quantitative estimate of drug-likeness (QED) is 0.757. The summed E-state index contributed by atoms with van der Waals surface area (Å²) in [5, 5.41) is 0.480. The third-order valence-corrected chi connectivity index (χ3v) is 2.96. The lowest BCUT2D eigenvalue weighted by Gasteiger charge is -2.21. The molecular weight excluding hydrogens is 282 g/mol. The maximum Gasteiger partial charge on any atom is 0.325 e. The van der Waals surface area contributed by atoms with Crippen molar-refractivity contribution >= 4 is 23.5 Å². The van der Waals surface area contributed by atoms with Crippen LogP contribution in [0.3, 0.4) is 0 Å². The summed E-state index contributed by atoms with van der Waals surface area (Å²) in [6, 6.07) is 4.76. The van der Waals surface area contributed by atoms with Gasteiger partial charge in [0.15, 0.2) is 0 Å². The molecule has 20 heavy (non-hydrogen) atoms. The van der Waals surface area contributed by atoms with Crippen LogP contribution in [0.2, 0.25) is 5.02 Å². The first-order valence-corrected chi connectivity index (χ1v) is 6.60. The van der Waals surface area contributed by atoms with Gasteiger partial charge in [-0.05, 0) is 24.6 Å². The molecule has 0 fully saturated rings. The molecule has 0 saturated heterocycles. The highest BCUT2D eigenvalue weighted by molar-refractivity contribution is 6.30. The van der Waals surface area contributed by atoms with Crippen LogP contribution in [0.4, 0.5) is 0 Å². The van der Waals surface area contributed by atoms with Crippen molar-refractivity contribution in [3.05, 3.63) is 28.8 Å². The van der Waals surface area contributed by atoms with Gasteiger partial charge in [-0.1, -0.05) is 18.5 Å². The van der Waals surface area contributed by atoms with E-state index in [-0.39, 0.29) is 12.5 Å². The second-order valence-corrected chi connectivity index (χ2v) is 4.58. The van der Waals surface area contributed by atoms with Gasteiger partial charge in [-0.15, -0.1) is 0 Å². The summed E-state index contributed by atoms with van der Waals surface area (Å²) in [5.41, 5.74) is 0.370. The van der Waals surface area contributed by atoms with Gasteiger partial charge in [0.25, 0.3) is 5.91 Å². The van der Waals surface area contributed by atoms with Crippen molar-refractivity contribution in [2.75, 3.05) is 27.3 Å². The Morgan fingerprint density at radius 1 is 1.30 bits per heavy atom. The molecule has 0 aliphatic carbocycles. The maximum absolute atomic E-state index is 12.5. The predicted octanol–water partition coefficient (Wildman–Crippen LogP) is 2.37. The molecule has 0 aliphatic heterocycles. The number of amides is 1. The molecule has 0 N–H and O–H groups in total. The van der Waals surface area contributed by atoms with E-state index in [0.717, 1.165) is 6.42 Å². The standard InChI is InChI=1S/C14H18ClNO4/c1-4-7-16(9-13(17)20-3)14(18)11-6-5-10(15)8-12(11)19-2/h5-6,8H,4,7,9H2,1-3H3. The zero-order valence-electron chi connectivity index (χ0n) is 11.8. The molecule has 0 bridgehead atoms. The highest BCUT2D eigenvalue weighted by Gasteiger charge is 2.21. The number of esters is 1. The third kappa shape index (κ3) is 4.13. The predicted molar refractivity (Wildman–Crippen MR) is 76.2 cm³/mol.